The molecule has 0 fully saturated rings. The second-order valence-corrected chi connectivity index (χ2v) is 12.5. The summed E-state index contributed by atoms with van der Waals surface area (Å²) in [5.74, 6) is -0.0759. The first-order valence-electron chi connectivity index (χ1n) is 16.2. The van der Waals surface area contributed by atoms with Crippen LogP contribution < -0.4 is 11.1 Å². The van der Waals surface area contributed by atoms with Crippen LogP contribution in [0.25, 0.3) is 22.3 Å². The first-order chi connectivity index (χ1) is 22.6. The number of hydrogen-bond donors (Lipinski definition) is 3. The van der Waals surface area contributed by atoms with Crippen LogP contribution in [0.3, 0.4) is 0 Å². The van der Waals surface area contributed by atoms with Crippen molar-refractivity contribution in [2.45, 2.75) is 50.5 Å². The zero-order chi connectivity index (χ0) is 31.6. The van der Waals surface area contributed by atoms with Crippen LogP contribution >= 0.6 is 0 Å². The van der Waals surface area contributed by atoms with Crippen LogP contribution in [0.5, 0.6) is 0 Å². The van der Waals surface area contributed by atoms with Gasteiger partial charge in [0.05, 0.1) is 5.92 Å². The Labute approximate surface area is 270 Å². The fourth-order valence-electron chi connectivity index (χ4n) is 7.49. The summed E-state index contributed by atoms with van der Waals surface area (Å²) in [6, 6.07) is 35.6. The summed E-state index contributed by atoms with van der Waals surface area (Å²) in [7, 11) is 0. The third-order valence-corrected chi connectivity index (χ3v) is 9.79. The Hall–Kier alpha value is -4.84. The molecule has 0 aromatic heterocycles. The number of fused-ring (bicyclic) bond motifs is 5. The minimum atomic E-state index is -0.286. The van der Waals surface area contributed by atoms with E-state index in [9.17, 15) is 14.7 Å². The number of carbonyl (C=O) groups excluding carboxylic acids is 2. The molecule has 0 saturated heterocycles. The SMILES string of the molecule is NCc1ccc(-c2ccccc2C(=O)Nc2ccc(C(=O)C3Cc4ccccc4-c4ccc5c(c43)CCCC5CCO)cc2)cc1. The quantitative estimate of drug-likeness (QED) is 0.156. The lowest BCUT2D eigenvalue weighted by atomic mass is 9.69. The van der Waals surface area contributed by atoms with Crippen molar-refractivity contribution in [3.8, 4) is 22.3 Å². The maximum atomic E-state index is 14.3. The lowest BCUT2D eigenvalue weighted by Gasteiger charge is -2.34. The van der Waals surface area contributed by atoms with Crippen LogP contribution in [0.4, 0.5) is 5.69 Å². The number of aliphatic hydroxyl groups is 1. The van der Waals surface area contributed by atoms with Gasteiger partial charge in [-0.3, -0.25) is 9.59 Å². The van der Waals surface area contributed by atoms with E-state index in [2.05, 4.69) is 35.6 Å². The molecule has 1 amide bonds. The monoisotopic (exact) mass is 606 g/mol. The largest absolute Gasteiger partial charge is 0.396 e. The fraction of sp³-hybridized carbons (Fsp3) is 0.220. The molecule has 5 heteroatoms. The molecule has 2 aliphatic rings. The Morgan fingerprint density at radius 2 is 1.54 bits per heavy atom. The predicted molar refractivity (Wildman–Crippen MR) is 184 cm³/mol. The van der Waals surface area contributed by atoms with E-state index >= 15 is 0 Å². The Bertz CT molecular complexity index is 1910. The minimum absolute atomic E-state index is 0.0950. The molecule has 0 aliphatic heterocycles. The maximum absolute atomic E-state index is 14.3. The normalized spacial score (nSPS) is 16.6. The number of ketones is 1. The van der Waals surface area contributed by atoms with Crippen molar-refractivity contribution in [2.24, 2.45) is 5.73 Å². The van der Waals surface area contributed by atoms with E-state index in [4.69, 9.17) is 5.73 Å². The van der Waals surface area contributed by atoms with Gasteiger partial charge in [-0.25, -0.2) is 0 Å². The number of anilines is 1. The second-order valence-electron chi connectivity index (χ2n) is 12.5. The molecule has 46 heavy (non-hydrogen) atoms. The molecule has 5 aromatic rings. The van der Waals surface area contributed by atoms with Crippen LogP contribution in [0.2, 0.25) is 0 Å². The average molecular weight is 607 g/mol. The van der Waals surface area contributed by atoms with Crippen LogP contribution in [-0.4, -0.2) is 23.4 Å². The standard InChI is InChI=1S/C41H38N2O3/c42-25-26-12-14-28(15-13-26)32-8-3-4-10-37(32)41(46)43-31-18-16-29(17-19-31)40(45)38-24-30-6-1-2-9-33(30)36-21-20-34-27(22-23-44)7-5-11-35(34)39(36)38/h1-4,6,8-10,12-21,27,38,44H,5,7,11,22-25,42H2,(H,43,46). The fourth-order valence-corrected chi connectivity index (χ4v) is 7.49. The highest BCUT2D eigenvalue weighted by Crippen LogP contribution is 2.47. The molecule has 0 heterocycles. The van der Waals surface area contributed by atoms with Gasteiger partial charge in [0.15, 0.2) is 5.78 Å². The average Bonchev–Trinajstić information content (AvgIpc) is 3.11. The van der Waals surface area contributed by atoms with Gasteiger partial charge in [-0.15, -0.1) is 0 Å². The van der Waals surface area contributed by atoms with Crippen molar-refractivity contribution in [2.75, 3.05) is 11.9 Å². The summed E-state index contributed by atoms with van der Waals surface area (Å²) in [4.78, 5) is 27.8. The number of aliphatic hydroxyl groups excluding tert-OH is 1. The molecule has 2 atom stereocenters. The Morgan fingerprint density at radius 1 is 0.804 bits per heavy atom. The molecule has 4 N–H and O–H groups in total. The van der Waals surface area contributed by atoms with Gasteiger partial charge in [-0.2, -0.15) is 0 Å². The van der Waals surface area contributed by atoms with Gasteiger partial charge in [-0.1, -0.05) is 78.9 Å². The van der Waals surface area contributed by atoms with Gasteiger partial charge in [0.1, 0.15) is 0 Å². The van der Waals surface area contributed by atoms with Gasteiger partial charge in [0.25, 0.3) is 5.91 Å². The van der Waals surface area contributed by atoms with E-state index in [1.807, 2.05) is 78.9 Å². The number of nitrogens with two attached hydrogens (primary N) is 1. The summed E-state index contributed by atoms with van der Waals surface area (Å²) in [5, 5.41) is 12.8. The topological polar surface area (TPSA) is 92.4 Å². The first-order valence-corrected chi connectivity index (χ1v) is 16.2. The number of rotatable bonds is 8. The summed E-state index contributed by atoms with van der Waals surface area (Å²) in [5.41, 5.74) is 17.7. The van der Waals surface area contributed by atoms with Gasteiger partial charge < -0.3 is 16.2 Å². The molecule has 5 aromatic carbocycles. The highest BCUT2D eigenvalue weighted by Gasteiger charge is 2.35. The summed E-state index contributed by atoms with van der Waals surface area (Å²) >= 11 is 0. The van der Waals surface area contributed by atoms with Gasteiger partial charge in [-0.05, 0) is 118 Å². The molecule has 7 rings (SSSR count). The van der Waals surface area contributed by atoms with Gasteiger partial charge in [0, 0.05) is 30.0 Å². The molecule has 230 valence electrons. The summed E-state index contributed by atoms with van der Waals surface area (Å²) in [6.45, 7) is 0.636. The van der Waals surface area contributed by atoms with E-state index in [1.54, 1.807) is 0 Å². The Balaban J connectivity index is 1.16. The number of nitrogens with one attached hydrogen (secondary N) is 1. The van der Waals surface area contributed by atoms with Crippen molar-refractivity contribution in [1.82, 2.24) is 0 Å². The van der Waals surface area contributed by atoms with Crippen LogP contribution in [0.1, 0.15) is 79.6 Å². The second kappa shape index (κ2) is 12.9. The van der Waals surface area contributed by atoms with Crippen molar-refractivity contribution in [3.63, 3.8) is 0 Å². The van der Waals surface area contributed by atoms with E-state index in [0.29, 0.717) is 35.7 Å². The molecule has 2 aliphatic carbocycles. The first kappa shape index (κ1) is 29.8. The predicted octanol–water partition coefficient (Wildman–Crippen LogP) is 8.06. The molecule has 0 spiro atoms. The summed E-state index contributed by atoms with van der Waals surface area (Å²) in [6.07, 6.45) is 4.49. The zero-order valence-electron chi connectivity index (χ0n) is 25.8. The third-order valence-electron chi connectivity index (χ3n) is 9.79. The number of hydrogen-bond acceptors (Lipinski definition) is 4. The Kier molecular flexibility index (Phi) is 8.35. The molecule has 2 unspecified atom stereocenters. The lowest BCUT2D eigenvalue weighted by molar-refractivity contribution is 0.0957. The van der Waals surface area contributed by atoms with Gasteiger partial charge >= 0.3 is 0 Å². The van der Waals surface area contributed by atoms with Gasteiger partial charge in [0.2, 0.25) is 0 Å². The summed E-state index contributed by atoms with van der Waals surface area (Å²) < 4.78 is 0. The van der Waals surface area contributed by atoms with Crippen LogP contribution in [0, 0.1) is 0 Å². The van der Waals surface area contributed by atoms with Crippen molar-refractivity contribution in [1.29, 1.82) is 0 Å². The third kappa shape index (κ3) is 5.57. The van der Waals surface area contributed by atoms with E-state index in [1.165, 1.54) is 22.3 Å². The lowest BCUT2D eigenvalue weighted by Crippen LogP contribution is -2.24. The molecule has 0 bridgehead atoms. The molecular weight excluding hydrogens is 568 g/mol. The molecule has 0 radical (unpaired) electrons. The van der Waals surface area contributed by atoms with Crippen molar-refractivity contribution < 1.29 is 14.7 Å². The van der Waals surface area contributed by atoms with E-state index < -0.39 is 0 Å². The maximum Gasteiger partial charge on any atom is 0.256 e. The number of benzene rings is 5. The Morgan fingerprint density at radius 3 is 2.30 bits per heavy atom. The van der Waals surface area contributed by atoms with E-state index in [0.717, 1.165) is 53.5 Å². The minimum Gasteiger partial charge on any atom is -0.396 e. The van der Waals surface area contributed by atoms with E-state index in [-0.39, 0.29) is 24.2 Å². The van der Waals surface area contributed by atoms with Crippen molar-refractivity contribution >= 4 is 17.4 Å². The number of Topliss-reactive ketones (excluding diaryl/α,β-unsaturated/α-hetero) is 1. The highest BCUT2D eigenvalue weighted by molar-refractivity contribution is 6.09. The zero-order valence-corrected chi connectivity index (χ0v) is 25.8. The number of amides is 1. The molecular formula is C41H38N2O3. The molecule has 5 nitrogen and oxygen atoms in total. The number of carbonyl (C=O) groups is 2. The molecule has 0 saturated carbocycles. The van der Waals surface area contributed by atoms with Crippen molar-refractivity contribution in [3.05, 3.63) is 148 Å². The highest BCUT2D eigenvalue weighted by atomic mass is 16.3. The smallest absolute Gasteiger partial charge is 0.256 e. The van der Waals surface area contributed by atoms with Crippen LogP contribution in [-0.2, 0) is 19.4 Å². The van der Waals surface area contributed by atoms with Crippen LogP contribution in [0.15, 0.2) is 109 Å².